The first-order chi connectivity index (χ1) is 12.5. The lowest BCUT2D eigenvalue weighted by atomic mass is 9.65. The molecule has 1 aliphatic heterocycles. The van der Waals surface area contributed by atoms with Crippen LogP contribution in [0.25, 0.3) is 0 Å². The quantitative estimate of drug-likeness (QED) is 0.900. The summed E-state index contributed by atoms with van der Waals surface area (Å²) in [6.07, 6.45) is 9.68. The lowest BCUT2D eigenvalue weighted by Crippen LogP contribution is -2.51. The van der Waals surface area contributed by atoms with Crippen molar-refractivity contribution in [2.75, 3.05) is 13.1 Å². The van der Waals surface area contributed by atoms with Gasteiger partial charge in [-0.25, -0.2) is 0 Å². The van der Waals surface area contributed by atoms with Crippen LogP contribution in [0.5, 0.6) is 0 Å². The van der Waals surface area contributed by atoms with Gasteiger partial charge in [0.1, 0.15) is 12.2 Å². The SMILES string of the molecule is CC(C)n1cnnc1C1CCCN(C(=O)C2CC3CCCC(C2)C3N)C1. The van der Waals surface area contributed by atoms with Crippen molar-refractivity contribution < 1.29 is 4.79 Å². The molecule has 3 fully saturated rings. The second-order valence-electron chi connectivity index (χ2n) is 9.01. The number of piperidine rings is 1. The molecule has 0 spiro atoms. The average molecular weight is 360 g/mol. The second-order valence-corrected chi connectivity index (χ2v) is 9.01. The predicted octanol–water partition coefficient (Wildman–Crippen LogP) is 2.72. The molecule has 1 saturated heterocycles. The molecule has 3 aliphatic rings. The average Bonchev–Trinajstić information content (AvgIpc) is 3.11. The van der Waals surface area contributed by atoms with Crippen LogP contribution in [0.4, 0.5) is 0 Å². The Hall–Kier alpha value is -1.43. The van der Waals surface area contributed by atoms with Crippen molar-refractivity contribution in [3.8, 4) is 0 Å². The van der Waals surface area contributed by atoms with Crippen LogP contribution in [0, 0.1) is 17.8 Å². The van der Waals surface area contributed by atoms with Gasteiger partial charge < -0.3 is 15.2 Å². The minimum Gasteiger partial charge on any atom is -0.342 e. The largest absolute Gasteiger partial charge is 0.342 e. The number of nitrogens with zero attached hydrogens (tertiary/aromatic N) is 4. The Kier molecular flexibility index (Phi) is 5.04. The molecular weight excluding hydrogens is 326 g/mol. The first-order valence-corrected chi connectivity index (χ1v) is 10.5. The number of hydrogen-bond donors (Lipinski definition) is 1. The molecule has 3 unspecified atom stereocenters. The van der Waals surface area contributed by atoms with Crippen LogP contribution in [-0.2, 0) is 4.79 Å². The van der Waals surface area contributed by atoms with Gasteiger partial charge in [0.15, 0.2) is 0 Å². The van der Waals surface area contributed by atoms with Crippen LogP contribution in [0.15, 0.2) is 6.33 Å². The van der Waals surface area contributed by atoms with Crippen molar-refractivity contribution in [3.05, 3.63) is 12.2 Å². The number of carbonyl (C=O) groups is 1. The standard InChI is InChI=1S/C20H33N5O/c1-13(2)25-12-22-23-19(25)16-7-4-8-24(11-16)20(26)17-9-14-5-3-6-15(10-17)18(14)21/h12-18H,3-11,21H2,1-2H3. The summed E-state index contributed by atoms with van der Waals surface area (Å²) in [6.45, 7) is 6.00. The molecule has 4 rings (SSSR count). The van der Waals surface area contributed by atoms with Crippen molar-refractivity contribution >= 4 is 5.91 Å². The van der Waals surface area contributed by atoms with Crippen LogP contribution in [0.2, 0.25) is 0 Å². The van der Waals surface area contributed by atoms with Crippen molar-refractivity contribution in [1.29, 1.82) is 0 Å². The molecule has 2 heterocycles. The van der Waals surface area contributed by atoms with Gasteiger partial charge in [-0.15, -0.1) is 10.2 Å². The Morgan fingerprint density at radius 2 is 1.92 bits per heavy atom. The first kappa shape index (κ1) is 18.0. The Labute approximate surface area is 156 Å². The molecule has 6 heteroatoms. The summed E-state index contributed by atoms with van der Waals surface area (Å²) in [5.74, 6) is 3.02. The summed E-state index contributed by atoms with van der Waals surface area (Å²) in [4.78, 5) is 15.4. The minimum absolute atomic E-state index is 0.187. The second kappa shape index (κ2) is 7.29. The molecule has 0 aromatic carbocycles. The first-order valence-electron chi connectivity index (χ1n) is 10.5. The summed E-state index contributed by atoms with van der Waals surface area (Å²) >= 11 is 0. The molecule has 1 amide bonds. The third-order valence-electron chi connectivity index (χ3n) is 7.02. The normalized spacial score (nSPS) is 34.9. The van der Waals surface area contributed by atoms with Crippen LogP contribution in [-0.4, -0.2) is 44.7 Å². The summed E-state index contributed by atoms with van der Waals surface area (Å²) in [7, 11) is 0. The monoisotopic (exact) mass is 359 g/mol. The lowest BCUT2D eigenvalue weighted by Gasteiger charge is -2.45. The van der Waals surface area contributed by atoms with E-state index < -0.39 is 0 Å². The highest BCUT2D eigenvalue weighted by atomic mass is 16.2. The van der Waals surface area contributed by atoms with E-state index in [1.807, 2.05) is 6.33 Å². The molecular formula is C20H33N5O. The number of fused-ring (bicyclic) bond motifs is 2. The van der Waals surface area contributed by atoms with E-state index in [1.165, 1.54) is 19.3 Å². The third kappa shape index (κ3) is 3.28. The van der Waals surface area contributed by atoms with Crippen LogP contribution < -0.4 is 5.73 Å². The summed E-state index contributed by atoms with van der Waals surface area (Å²) < 4.78 is 2.16. The number of amides is 1. The number of hydrogen-bond acceptors (Lipinski definition) is 4. The molecule has 26 heavy (non-hydrogen) atoms. The molecule has 6 nitrogen and oxygen atoms in total. The Morgan fingerprint density at radius 1 is 1.19 bits per heavy atom. The van der Waals surface area contributed by atoms with Gasteiger partial charge in [0, 0.05) is 37.0 Å². The maximum atomic E-state index is 13.3. The Bertz CT molecular complexity index is 628. The van der Waals surface area contributed by atoms with E-state index in [1.54, 1.807) is 0 Å². The fourth-order valence-electron chi connectivity index (χ4n) is 5.58. The molecule has 2 saturated carbocycles. The fraction of sp³-hybridized carbons (Fsp3) is 0.850. The molecule has 2 N–H and O–H groups in total. The minimum atomic E-state index is 0.187. The topological polar surface area (TPSA) is 77.0 Å². The van der Waals surface area contributed by atoms with Gasteiger partial charge >= 0.3 is 0 Å². The zero-order chi connectivity index (χ0) is 18.3. The molecule has 0 radical (unpaired) electrons. The summed E-state index contributed by atoms with van der Waals surface area (Å²) in [5, 5.41) is 8.50. The fourth-order valence-corrected chi connectivity index (χ4v) is 5.58. The Morgan fingerprint density at radius 3 is 2.62 bits per heavy atom. The molecule has 2 bridgehead atoms. The molecule has 1 aromatic rings. The third-order valence-corrected chi connectivity index (χ3v) is 7.02. The molecule has 144 valence electrons. The zero-order valence-electron chi connectivity index (χ0n) is 16.2. The number of carbonyl (C=O) groups excluding carboxylic acids is 1. The maximum absolute atomic E-state index is 13.3. The predicted molar refractivity (Wildman–Crippen MR) is 100 cm³/mol. The highest BCUT2D eigenvalue weighted by Gasteiger charge is 2.42. The van der Waals surface area contributed by atoms with Crippen LogP contribution >= 0.6 is 0 Å². The van der Waals surface area contributed by atoms with E-state index in [-0.39, 0.29) is 5.92 Å². The van der Waals surface area contributed by atoms with E-state index in [4.69, 9.17) is 5.73 Å². The van der Waals surface area contributed by atoms with Gasteiger partial charge in [-0.2, -0.15) is 0 Å². The van der Waals surface area contributed by atoms with Crippen LogP contribution in [0.3, 0.4) is 0 Å². The van der Waals surface area contributed by atoms with Gasteiger partial charge in [-0.3, -0.25) is 4.79 Å². The van der Waals surface area contributed by atoms with E-state index in [0.29, 0.717) is 35.7 Å². The number of nitrogens with two attached hydrogens (primary N) is 1. The van der Waals surface area contributed by atoms with Crippen molar-refractivity contribution in [2.45, 2.75) is 76.8 Å². The summed E-state index contributed by atoms with van der Waals surface area (Å²) in [6, 6.07) is 0.678. The number of likely N-dealkylation sites (tertiary alicyclic amines) is 1. The van der Waals surface area contributed by atoms with E-state index >= 15 is 0 Å². The van der Waals surface area contributed by atoms with Gasteiger partial charge in [0.2, 0.25) is 5.91 Å². The lowest BCUT2D eigenvalue weighted by molar-refractivity contribution is -0.140. The highest BCUT2D eigenvalue weighted by Crippen LogP contribution is 2.43. The van der Waals surface area contributed by atoms with Gasteiger partial charge in [0.25, 0.3) is 0 Å². The van der Waals surface area contributed by atoms with Crippen molar-refractivity contribution in [1.82, 2.24) is 19.7 Å². The zero-order valence-corrected chi connectivity index (χ0v) is 16.2. The van der Waals surface area contributed by atoms with E-state index in [9.17, 15) is 4.79 Å². The number of rotatable bonds is 3. The highest BCUT2D eigenvalue weighted by molar-refractivity contribution is 5.79. The van der Waals surface area contributed by atoms with Crippen molar-refractivity contribution in [2.24, 2.45) is 23.5 Å². The van der Waals surface area contributed by atoms with E-state index in [0.717, 1.165) is 44.6 Å². The number of aromatic nitrogens is 3. The summed E-state index contributed by atoms with van der Waals surface area (Å²) in [5.41, 5.74) is 6.41. The molecule has 3 atom stereocenters. The molecule has 1 aromatic heterocycles. The molecule has 2 aliphatic carbocycles. The smallest absolute Gasteiger partial charge is 0.225 e. The maximum Gasteiger partial charge on any atom is 0.225 e. The van der Waals surface area contributed by atoms with Crippen molar-refractivity contribution in [3.63, 3.8) is 0 Å². The van der Waals surface area contributed by atoms with Gasteiger partial charge in [-0.05, 0) is 64.2 Å². The van der Waals surface area contributed by atoms with Gasteiger partial charge in [0.05, 0.1) is 0 Å². The van der Waals surface area contributed by atoms with Crippen LogP contribution in [0.1, 0.15) is 76.6 Å². The Balaban J connectivity index is 1.44. The van der Waals surface area contributed by atoms with E-state index in [2.05, 4.69) is 33.5 Å². The van der Waals surface area contributed by atoms with Gasteiger partial charge in [-0.1, -0.05) is 6.42 Å².